The van der Waals surface area contributed by atoms with Gasteiger partial charge in [-0.3, -0.25) is 0 Å². The first-order valence-corrected chi connectivity index (χ1v) is 8.37. The Bertz CT molecular complexity index is 419. The van der Waals surface area contributed by atoms with Gasteiger partial charge in [0.1, 0.15) is 0 Å². The molecule has 20 heavy (non-hydrogen) atoms. The van der Waals surface area contributed by atoms with Crippen LogP contribution in [0.2, 0.25) is 5.02 Å². The Morgan fingerprint density at radius 2 is 2.15 bits per heavy atom. The van der Waals surface area contributed by atoms with Crippen LogP contribution in [0.3, 0.4) is 0 Å². The number of hydrogen-bond acceptors (Lipinski definition) is 2. The summed E-state index contributed by atoms with van der Waals surface area (Å²) in [6.07, 6.45) is 5.11. The van der Waals surface area contributed by atoms with Crippen LogP contribution in [0.4, 0.5) is 5.69 Å². The van der Waals surface area contributed by atoms with Gasteiger partial charge >= 0.3 is 0 Å². The SMILES string of the molecule is CCCNCc1c(Cl)cccc1N1CCC(CCC)C1. The summed E-state index contributed by atoms with van der Waals surface area (Å²) < 4.78 is 0. The molecule has 0 aromatic heterocycles. The van der Waals surface area contributed by atoms with Gasteiger partial charge in [0.2, 0.25) is 0 Å². The van der Waals surface area contributed by atoms with E-state index in [1.807, 2.05) is 6.07 Å². The zero-order valence-electron chi connectivity index (χ0n) is 12.8. The number of rotatable bonds is 7. The first kappa shape index (κ1) is 15.7. The quantitative estimate of drug-likeness (QED) is 0.747. The predicted octanol–water partition coefficient (Wildman–Crippen LogP) is 4.47. The lowest BCUT2D eigenvalue weighted by atomic mass is 10.0. The Balaban J connectivity index is 2.08. The number of halogens is 1. The summed E-state index contributed by atoms with van der Waals surface area (Å²) in [6.45, 7) is 8.75. The molecule has 1 aromatic carbocycles. The van der Waals surface area contributed by atoms with E-state index < -0.39 is 0 Å². The monoisotopic (exact) mass is 294 g/mol. The molecule has 0 radical (unpaired) electrons. The van der Waals surface area contributed by atoms with Crippen LogP contribution in [-0.2, 0) is 6.54 Å². The maximum absolute atomic E-state index is 6.42. The molecule has 2 nitrogen and oxygen atoms in total. The van der Waals surface area contributed by atoms with E-state index in [0.29, 0.717) is 0 Å². The van der Waals surface area contributed by atoms with Crippen molar-refractivity contribution in [3.05, 3.63) is 28.8 Å². The summed E-state index contributed by atoms with van der Waals surface area (Å²) in [5.74, 6) is 0.857. The first-order valence-electron chi connectivity index (χ1n) is 7.99. The van der Waals surface area contributed by atoms with Gasteiger partial charge in [-0.25, -0.2) is 0 Å². The third-order valence-corrected chi connectivity index (χ3v) is 4.50. The van der Waals surface area contributed by atoms with E-state index in [9.17, 15) is 0 Å². The Labute approximate surface area is 128 Å². The second kappa shape index (κ2) is 7.90. The number of nitrogens with zero attached hydrogens (tertiary/aromatic N) is 1. The molecular formula is C17H27ClN2. The van der Waals surface area contributed by atoms with Crippen molar-refractivity contribution in [3.8, 4) is 0 Å². The number of hydrogen-bond donors (Lipinski definition) is 1. The van der Waals surface area contributed by atoms with Crippen LogP contribution < -0.4 is 10.2 Å². The Hall–Kier alpha value is -0.730. The highest BCUT2D eigenvalue weighted by atomic mass is 35.5. The van der Waals surface area contributed by atoms with Crippen LogP contribution in [0.1, 0.15) is 45.1 Å². The van der Waals surface area contributed by atoms with Crippen LogP contribution in [0, 0.1) is 5.92 Å². The molecule has 112 valence electrons. The van der Waals surface area contributed by atoms with Gasteiger partial charge in [0, 0.05) is 35.9 Å². The number of anilines is 1. The van der Waals surface area contributed by atoms with Gasteiger partial charge in [0.05, 0.1) is 0 Å². The molecule has 1 heterocycles. The average Bonchev–Trinajstić information content (AvgIpc) is 2.89. The van der Waals surface area contributed by atoms with E-state index in [-0.39, 0.29) is 0 Å². The van der Waals surface area contributed by atoms with Gasteiger partial charge in [-0.1, -0.05) is 37.9 Å². The topological polar surface area (TPSA) is 15.3 Å². The van der Waals surface area contributed by atoms with Crippen molar-refractivity contribution in [2.45, 2.75) is 46.1 Å². The van der Waals surface area contributed by atoms with Crippen molar-refractivity contribution in [3.63, 3.8) is 0 Å². The van der Waals surface area contributed by atoms with E-state index in [4.69, 9.17) is 11.6 Å². The molecule has 0 bridgehead atoms. The van der Waals surface area contributed by atoms with Crippen molar-refractivity contribution in [2.75, 3.05) is 24.5 Å². The molecule has 1 fully saturated rings. The fourth-order valence-electron chi connectivity index (χ4n) is 3.10. The standard InChI is InChI=1S/C17H27ClN2/c1-3-6-14-9-11-20(13-14)17-8-5-7-16(18)15(17)12-19-10-4-2/h5,7-8,14,19H,3-4,6,9-13H2,1-2H3. The first-order chi connectivity index (χ1) is 9.76. The molecule has 1 N–H and O–H groups in total. The smallest absolute Gasteiger partial charge is 0.0471 e. The second-order valence-electron chi connectivity index (χ2n) is 5.80. The zero-order chi connectivity index (χ0) is 14.4. The molecule has 1 atom stereocenters. The van der Waals surface area contributed by atoms with E-state index in [0.717, 1.165) is 30.5 Å². The minimum atomic E-state index is 0.857. The summed E-state index contributed by atoms with van der Waals surface area (Å²) in [6, 6.07) is 6.31. The minimum Gasteiger partial charge on any atom is -0.371 e. The molecule has 1 unspecified atom stereocenters. The van der Waals surface area contributed by atoms with Crippen molar-refractivity contribution in [2.24, 2.45) is 5.92 Å². The maximum Gasteiger partial charge on any atom is 0.0471 e. The lowest BCUT2D eigenvalue weighted by Gasteiger charge is -2.23. The van der Waals surface area contributed by atoms with Crippen LogP contribution in [-0.4, -0.2) is 19.6 Å². The van der Waals surface area contributed by atoms with Gasteiger partial charge in [-0.2, -0.15) is 0 Å². The zero-order valence-corrected chi connectivity index (χ0v) is 13.5. The Morgan fingerprint density at radius 1 is 1.30 bits per heavy atom. The predicted molar refractivity (Wildman–Crippen MR) is 88.7 cm³/mol. The second-order valence-corrected chi connectivity index (χ2v) is 6.21. The molecule has 1 saturated heterocycles. The van der Waals surface area contributed by atoms with Gasteiger partial charge in [0.25, 0.3) is 0 Å². The van der Waals surface area contributed by atoms with E-state index in [2.05, 4.69) is 36.2 Å². The van der Waals surface area contributed by atoms with E-state index in [1.54, 1.807) is 0 Å². The summed E-state index contributed by atoms with van der Waals surface area (Å²) in [5.41, 5.74) is 2.60. The summed E-state index contributed by atoms with van der Waals surface area (Å²) in [7, 11) is 0. The van der Waals surface area contributed by atoms with Crippen molar-refractivity contribution >= 4 is 17.3 Å². The van der Waals surface area contributed by atoms with Crippen LogP contribution in [0.5, 0.6) is 0 Å². The third kappa shape index (κ3) is 3.89. The van der Waals surface area contributed by atoms with Gasteiger partial charge in [-0.15, -0.1) is 0 Å². The van der Waals surface area contributed by atoms with Crippen molar-refractivity contribution < 1.29 is 0 Å². The van der Waals surface area contributed by atoms with Gasteiger partial charge < -0.3 is 10.2 Å². The maximum atomic E-state index is 6.42. The van der Waals surface area contributed by atoms with Gasteiger partial charge in [0.15, 0.2) is 0 Å². The van der Waals surface area contributed by atoms with Crippen LogP contribution in [0.15, 0.2) is 18.2 Å². The van der Waals surface area contributed by atoms with Gasteiger partial charge in [-0.05, 0) is 43.9 Å². The summed E-state index contributed by atoms with van der Waals surface area (Å²) >= 11 is 6.42. The lowest BCUT2D eigenvalue weighted by molar-refractivity contribution is 0.529. The fourth-order valence-corrected chi connectivity index (χ4v) is 3.34. The van der Waals surface area contributed by atoms with Crippen LogP contribution >= 0.6 is 11.6 Å². The molecule has 0 spiro atoms. The Morgan fingerprint density at radius 3 is 2.90 bits per heavy atom. The largest absolute Gasteiger partial charge is 0.371 e. The molecule has 2 rings (SSSR count). The summed E-state index contributed by atoms with van der Waals surface area (Å²) in [5, 5.41) is 4.37. The van der Waals surface area contributed by atoms with Crippen molar-refractivity contribution in [1.82, 2.24) is 5.32 Å². The van der Waals surface area contributed by atoms with E-state index >= 15 is 0 Å². The van der Waals surface area contributed by atoms with Crippen LogP contribution in [0.25, 0.3) is 0 Å². The fraction of sp³-hybridized carbons (Fsp3) is 0.647. The molecule has 1 aromatic rings. The normalized spacial score (nSPS) is 18.8. The average molecular weight is 295 g/mol. The number of nitrogens with one attached hydrogen (secondary N) is 1. The minimum absolute atomic E-state index is 0.857. The molecule has 3 heteroatoms. The molecule has 0 aliphatic carbocycles. The lowest BCUT2D eigenvalue weighted by Crippen LogP contribution is -2.23. The highest BCUT2D eigenvalue weighted by Gasteiger charge is 2.24. The number of benzene rings is 1. The highest BCUT2D eigenvalue weighted by molar-refractivity contribution is 6.31. The third-order valence-electron chi connectivity index (χ3n) is 4.15. The Kier molecular flexibility index (Phi) is 6.18. The molecule has 0 amide bonds. The molecule has 1 aliphatic heterocycles. The van der Waals surface area contributed by atoms with Crippen molar-refractivity contribution in [1.29, 1.82) is 0 Å². The molecule has 0 saturated carbocycles. The summed E-state index contributed by atoms with van der Waals surface area (Å²) in [4.78, 5) is 2.52. The molecular weight excluding hydrogens is 268 g/mol. The molecule has 1 aliphatic rings. The highest BCUT2D eigenvalue weighted by Crippen LogP contribution is 2.32. The van der Waals surface area contributed by atoms with E-state index in [1.165, 1.54) is 43.6 Å².